The number of rotatable bonds is 17. The zero-order valence-electron chi connectivity index (χ0n) is 41.2. The van der Waals surface area contributed by atoms with Crippen molar-refractivity contribution in [3.8, 4) is 22.9 Å². The van der Waals surface area contributed by atoms with Gasteiger partial charge in [0.25, 0.3) is 11.8 Å². The van der Waals surface area contributed by atoms with Crippen LogP contribution in [0.4, 0.5) is 28.9 Å². The predicted molar refractivity (Wildman–Crippen MR) is 279 cm³/mol. The molecule has 6 aromatic rings. The molecule has 0 radical (unpaired) electrons. The summed E-state index contributed by atoms with van der Waals surface area (Å²) in [6.07, 6.45) is -3.42. The van der Waals surface area contributed by atoms with E-state index in [0.29, 0.717) is 81.9 Å². The first kappa shape index (κ1) is 54.6. The maximum atomic E-state index is 14.0. The molecular weight excluding hydrogens is 1060 g/mol. The average molecular weight is 1120 g/mol. The molecule has 4 fully saturated rings. The molecule has 402 valence electrons. The molecule has 75 heavy (non-hydrogen) atoms. The molecule has 1 N–H and O–H groups in total. The Morgan fingerprint density at radius 2 is 1.00 bits per heavy atom. The quantitative estimate of drug-likeness (QED) is 0.0856. The van der Waals surface area contributed by atoms with Crippen LogP contribution in [0, 0.1) is 0 Å². The minimum atomic E-state index is -3.71. The number of alkyl halides is 4. The highest BCUT2D eigenvalue weighted by molar-refractivity contribution is 7.93. The smallest absolute Gasteiger partial charge is 0.314 e. The molecule has 24 heteroatoms. The van der Waals surface area contributed by atoms with Gasteiger partial charge in [0.2, 0.25) is 31.8 Å². The van der Waals surface area contributed by atoms with Crippen LogP contribution in [0.2, 0.25) is 10.0 Å². The summed E-state index contributed by atoms with van der Waals surface area (Å²) >= 11 is 12.4. The number of nitrogens with zero attached hydrogens (tertiary/aromatic N) is 9. The number of nitrogens with one attached hydrogen (secondary N) is 1. The van der Waals surface area contributed by atoms with Crippen LogP contribution in [-0.4, -0.2) is 133 Å². The molecule has 2 aromatic heterocycles. The van der Waals surface area contributed by atoms with Crippen LogP contribution in [0.5, 0.6) is 0 Å². The van der Waals surface area contributed by atoms with Crippen molar-refractivity contribution in [1.29, 1.82) is 0 Å². The fourth-order valence-electron chi connectivity index (χ4n) is 9.74. The lowest BCUT2D eigenvalue weighted by Gasteiger charge is -2.49. The van der Waals surface area contributed by atoms with Gasteiger partial charge in [0.15, 0.2) is 0 Å². The molecule has 0 saturated carbocycles. The van der Waals surface area contributed by atoms with E-state index in [1.165, 1.54) is 8.61 Å². The zero-order chi connectivity index (χ0) is 53.0. The van der Waals surface area contributed by atoms with Crippen molar-refractivity contribution in [3.05, 3.63) is 130 Å². The Labute approximate surface area is 444 Å². The number of hydrogen-bond acceptors (Lipinski definition) is 14. The average Bonchev–Trinajstić information content (AvgIpc) is 4.08. The lowest BCUT2D eigenvalue weighted by Crippen LogP contribution is -2.63. The number of piperidine rings is 2. The second-order valence-corrected chi connectivity index (χ2v) is 24.6. The van der Waals surface area contributed by atoms with E-state index < -0.39 is 55.2 Å². The standard InChI is InChI=1S/C27H32ClF2N5O3S.C24H26ClF2N5O3S/c1-18(2)34-16-23(17-34)33-12-10-24(11-13-33)39(36,37)35(22-5-3-4-21(28)14-22)15-19-6-8-20(9-7-19)26-31-32-27(38-26)25(29)30;25-18-2-1-3-19(12-18)32(36(33,34)21-8-10-31(11-9-21)20-13-28-14-20)15-16-4-6-17(7-5-16)23-29-30-24(35-23)22(26)27/h3-9,14,18,23-25H,10-13,15-17H2,1-2H3;1-7,12,20-22,28H,8-11,13-15H2. The molecule has 6 heterocycles. The van der Waals surface area contributed by atoms with E-state index in [1.807, 2.05) is 0 Å². The van der Waals surface area contributed by atoms with Gasteiger partial charge in [-0.3, -0.25) is 23.3 Å². The summed E-state index contributed by atoms with van der Waals surface area (Å²) in [6, 6.07) is 28.7. The number of hydrogen-bond donors (Lipinski definition) is 1. The first-order chi connectivity index (χ1) is 35.9. The number of benzene rings is 4. The lowest BCUT2D eigenvalue weighted by atomic mass is 10.0. The molecule has 16 nitrogen and oxygen atoms in total. The van der Waals surface area contributed by atoms with Crippen molar-refractivity contribution in [2.24, 2.45) is 0 Å². The van der Waals surface area contributed by atoms with Gasteiger partial charge in [0, 0.05) is 65.5 Å². The van der Waals surface area contributed by atoms with Crippen LogP contribution in [0.1, 0.15) is 75.3 Å². The van der Waals surface area contributed by atoms with Crippen LogP contribution in [0.15, 0.2) is 106 Å². The minimum absolute atomic E-state index is 0.0223. The molecule has 4 aliphatic heterocycles. The Bertz CT molecular complexity index is 3080. The van der Waals surface area contributed by atoms with E-state index in [-0.39, 0.29) is 24.9 Å². The van der Waals surface area contributed by atoms with Gasteiger partial charge < -0.3 is 14.2 Å². The fraction of sp³-hybridized carbons (Fsp3) is 0.451. The molecule has 0 aliphatic carbocycles. The summed E-state index contributed by atoms with van der Waals surface area (Å²) in [5, 5.41) is 17.2. The van der Waals surface area contributed by atoms with Crippen molar-refractivity contribution >= 4 is 54.6 Å². The molecular formula is C51H58Cl2F4N10O6S2. The van der Waals surface area contributed by atoms with Gasteiger partial charge >= 0.3 is 12.9 Å². The summed E-state index contributed by atoms with van der Waals surface area (Å²) in [5.41, 5.74) is 3.36. The third-order valence-corrected chi connectivity index (χ3v) is 19.3. The van der Waals surface area contributed by atoms with Crippen molar-refractivity contribution in [2.45, 2.75) is 94.1 Å². The van der Waals surface area contributed by atoms with E-state index in [9.17, 15) is 34.4 Å². The Hall–Kier alpha value is -5.20. The van der Waals surface area contributed by atoms with E-state index in [1.54, 1.807) is 97.1 Å². The monoisotopic (exact) mass is 1120 g/mol. The highest BCUT2D eigenvalue weighted by Crippen LogP contribution is 2.34. The largest absolute Gasteiger partial charge is 0.415 e. The van der Waals surface area contributed by atoms with Gasteiger partial charge in [-0.1, -0.05) is 59.6 Å². The first-order valence-corrected chi connectivity index (χ1v) is 28.6. The van der Waals surface area contributed by atoms with Gasteiger partial charge in [-0.05, 0) is 138 Å². The highest BCUT2D eigenvalue weighted by Gasteiger charge is 2.41. The van der Waals surface area contributed by atoms with Crippen LogP contribution in [0.3, 0.4) is 0 Å². The SMILES string of the molecule is CC(C)N1CC(N2CCC(S(=O)(=O)N(Cc3ccc(-c4nnc(C(F)F)o4)cc3)c3cccc(Cl)c3)CC2)C1.O=S(=O)(C1CCN(C2CNC2)CC1)N(Cc1ccc(-c2nnc(C(F)F)o2)cc1)c1cccc(Cl)c1. The van der Waals surface area contributed by atoms with E-state index in [2.05, 4.69) is 54.3 Å². The van der Waals surface area contributed by atoms with E-state index >= 15 is 0 Å². The van der Waals surface area contributed by atoms with Gasteiger partial charge in [-0.2, -0.15) is 17.6 Å². The third-order valence-electron chi connectivity index (χ3n) is 14.3. The topological polar surface area (TPSA) is 174 Å². The molecule has 0 unspecified atom stereocenters. The zero-order valence-corrected chi connectivity index (χ0v) is 44.4. The molecule has 4 saturated heterocycles. The van der Waals surface area contributed by atoms with Gasteiger partial charge in [0.05, 0.1) is 35.0 Å². The predicted octanol–water partition coefficient (Wildman–Crippen LogP) is 9.32. The van der Waals surface area contributed by atoms with Crippen LogP contribution in [0.25, 0.3) is 22.9 Å². The molecule has 10 rings (SSSR count). The molecule has 0 amide bonds. The van der Waals surface area contributed by atoms with Crippen molar-refractivity contribution in [2.75, 3.05) is 61.0 Å². The Balaban J connectivity index is 0.000000184. The van der Waals surface area contributed by atoms with Gasteiger partial charge in [-0.25, -0.2) is 16.8 Å². The fourth-order valence-corrected chi connectivity index (χ4v) is 13.9. The Morgan fingerprint density at radius 3 is 1.33 bits per heavy atom. The van der Waals surface area contributed by atoms with Crippen LogP contribution >= 0.6 is 23.2 Å². The molecule has 4 aromatic carbocycles. The van der Waals surface area contributed by atoms with Crippen LogP contribution < -0.4 is 13.9 Å². The van der Waals surface area contributed by atoms with Crippen molar-refractivity contribution in [1.82, 2.24) is 40.4 Å². The number of likely N-dealkylation sites (tertiary alicyclic amines) is 3. The van der Waals surface area contributed by atoms with Crippen LogP contribution in [-0.2, 0) is 33.1 Å². The Kier molecular flexibility index (Phi) is 17.2. The number of anilines is 2. The normalized spacial score (nSPS) is 18.0. The summed E-state index contributed by atoms with van der Waals surface area (Å²) in [6.45, 7) is 11.6. The summed E-state index contributed by atoms with van der Waals surface area (Å²) in [4.78, 5) is 7.21. The number of aromatic nitrogens is 4. The summed E-state index contributed by atoms with van der Waals surface area (Å²) in [7, 11) is -7.40. The minimum Gasteiger partial charge on any atom is -0.415 e. The maximum absolute atomic E-state index is 14.0. The Morgan fingerprint density at radius 1 is 0.600 bits per heavy atom. The molecule has 0 atom stereocenters. The van der Waals surface area contributed by atoms with E-state index in [4.69, 9.17) is 32.0 Å². The summed E-state index contributed by atoms with van der Waals surface area (Å²) in [5.74, 6) is -1.53. The number of halogens is 6. The van der Waals surface area contributed by atoms with Gasteiger partial charge in [0.1, 0.15) is 0 Å². The molecule has 0 bridgehead atoms. The maximum Gasteiger partial charge on any atom is 0.314 e. The highest BCUT2D eigenvalue weighted by atomic mass is 35.5. The lowest BCUT2D eigenvalue weighted by molar-refractivity contribution is 0.00578. The second-order valence-electron chi connectivity index (χ2n) is 19.4. The second kappa shape index (κ2) is 23.6. The first-order valence-electron chi connectivity index (χ1n) is 24.8. The van der Waals surface area contributed by atoms with E-state index in [0.717, 1.165) is 57.9 Å². The molecule has 4 aliphatic rings. The molecule has 0 spiro atoms. The third kappa shape index (κ3) is 12.8. The van der Waals surface area contributed by atoms with Crippen molar-refractivity contribution in [3.63, 3.8) is 0 Å². The van der Waals surface area contributed by atoms with Gasteiger partial charge in [-0.15, -0.1) is 20.4 Å². The number of sulfonamides is 2. The summed E-state index contributed by atoms with van der Waals surface area (Å²) < 4.78 is 120. The van der Waals surface area contributed by atoms with Crippen molar-refractivity contribution < 1.29 is 43.2 Å².